The molecule has 3 fully saturated rings. The van der Waals surface area contributed by atoms with Gasteiger partial charge in [0, 0.05) is 44.0 Å². The third kappa shape index (κ3) is 3.55. The molecule has 9 nitrogen and oxygen atoms in total. The molecule has 5 N–H and O–H groups in total. The molecular weight excluding hydrogens is 348 g/mol. The van der Waals surface area contributed by atoms with E-state index in [4.69, 9.17) is 5.73 Å². The summed E-state index contributed by atoms with van der Waals surface area (Å²) in [6, 6.07) is 0.969. The van der Waals surface area contributed by atoms with E-state index in [9.17, 15) is 14.4 Å². The van der Waals surface area contributed by atoms with E-state index >= 15 is 0 Å². The number of carbonyl (C=O) groups excluding carboxylic acids is 2. The number of piperidine rings is 3. The lowest BCUT2D eigenvalue weighted by Gasteiger charge is -2.53. The van der Waals surface area contributed by atoms with Crippen molar-refractivity contribution >= 4 is 17.6 Å². The van der Waals surface area contributed by atoms with Gasteiger partial charge in [-0.15, -0.1) is 0 Å². The Morgan fingerprint density at radius 1 is 1.33 bits per heavy atom. The number of carbonyl (C=O) groups is 2. The van der Waals surface area contributed by atoms with Crippen molar-refractivity contribution < 1.29 is 9.59 Å². The van der Waals surface area contributed by atoms with Crippen LogP contribution in [0, 0.1) is 11.8 Å². The van der Waals surface area contributed by atoms with Gasteiger partial charge in [-0.2, -0.15) is 0 Å². The molecule has 3 saturated heterocycles. The molecule has 0 unspecified atom stereocenters. The van der Waals surface area contributed by atoms with Gasteiger partial charge in [0.2, 0.25) is 11.8 Å². The summed E-state index contributed by atoms with van der Waals surface area (Å²) in [6.45, 7) is 2.01. The van der Waals surface area contributed by atoms with Crippen LogP contribution in [0.2, 0.25) is 0 Å². The highest BCUT2D eigenvalue weighted by atomic mass is 16.2. The zero-order valence-corrected chi connectivity index (χ0v) is 15.2. The predicted molar refractivity (Wildman–Crippen MR) is 98.7 cm³/mol. The minimum atomic E-state index is -0.417. The fourth-order valence-electron chi connectivity index (χ4n) is 4.91. The van der Waals surface area contributed by atoms with Gasteiger partial charge in [-0.25, -0.2) is 4.98 Å². The van der Waals surface area contributed by atoms with Crippen LogP contribution in [-0.4, -0.2) is 58.4 Å². The van der Waals surface area contributed by atoms with Crippen LogP contribution in [-0.2, 0) is 16.0 Å². The highest BCUT2D eigenvalue weighted by Gasteiger charge is 2.50. The lowest BCUT2D eigenvalue weighted by Crippen LogP contribution is -2.68. The average Bonchev–Trinajstić information content (AvgIpc) is 2.62. The number of nitrogen functional groups attached to an aromatic ring is 1. The van der Waals surface area contributed by atoms with Gasteiger partial charge in [0.25, 0.3) is 5.56 Å². The molecule has 0 saturated carbocycles. The summed E-state index contributed by atoms with van der Waals surface area (Å²) in [5.41, 5.74) is 5.27. The number of nitrogens with two attached hydrogens (primary N) is 1. The number of aromatic amines is 1. The second kappa shape index (κ2) is 7.30. The first kappa shape index (κ1) is 18.0. The molecule has 3 aliphatic heterocycles. The van der Waals surface area contributed by atoms with E-state index in [1.54, 1.807) is 0 Å². The Balaban J connectivity index is 1.44. The van der Waals surface area contributed by atoms with E-state index in [1.165, 1.54) is 6.07 Å². The SMILES string of the molecule is Nc1cc(=O)[nH]c(CCNC(=O)[C@H]2[C@@H]3CNC[C@@H](C3)[C@@H]3CCCC(=O)N32)n1. The van der Waals surface area contributed by atoms with Crippen LogP contribution in [0.25, 0.3) is 0 Å². The van der Waals surface area contributed by atoms with Crippen LogP contribution in [0.15, 0.2) is 10.9 Å². The van der Waals surface area contributed by atoms with Crippen LogP contribution >= 0.6 is 0 Å². The van der Waals surface area contributed by atoms with E-state index < -0.39 is 6.04 Å². The first-order valence-corrected chi connectivity index (χ1v) is 9.68. The Morgan fingerprint density at radius 2 is 2.15 bits per heavy atom. The number of amides is 2. The van der Waals surface area contributed by atoms with Gasteiger partial charge >= 0.3 is 0 Å². The lowest BCUT2D eigenvalue weighted by molar-refractivity contribution is -0.157. The van der Waals surface area contributed by atoms with Crippen molar-refractivity contribution in [2.75, 3.05) is 25.4 Å². The number of nitrogens with zero attached hydrogens (tertiary/aromatic N) is 2. The van der Waals surface area contributed by atoms with Crippen molar-refractivity contribution in [3.8, 4) is 0 Å². The molecule has 9 heteroatoms. The lowest BCUT2D eigenvalue weighted by atomic mass is 9.72. The predicted octanol–water partition coefficient (Wildman–Crippen LogP) is -1.00. The first-order valence-electron chi connectivity index (χ1n) is 9.68. The second-order valence-corrected chi connectivity index (χ2v) is 7.78. The fourth-order valence-corrected chi connectivity index (χ4v) is 4.91. The number of aromatic nitrogens is 2. The normalized spacial score (nSPS) is 29.9. The Labute approximate surface area is 157 Å². The molecule has 0 aliphatic carbocycles. The Hall–Kier alpha value is -2.42. The van der Waals surface area contributed by atoms with E-state index in [2.05, 4.69) is 20.6 Å². The molecule has 0 spiro atoms. The Kier molecular flexibility index (Phi) is 4.86. The largest absolute Gasteiger partial charge is 0.383 e. The summed E-state index contributed by atoms with van der Waals surface area (Å²) in [5, 5.41) is 6.37. The standard InChI is InChI=1S/C18H26N6O3/c19-13-7-15(25)23-14(22-13)4-5-21-18(27)17-11-6-10(8-20-9-11)12-2-1-3-16(26)24(12)17/h7,10-12,17,20H,1-6,8-9H2,(H,21,27)(H3,19,22,23,25)/t10-,11+,12+,17-/m1/s1. The van der Waals surface area contributed by atoms with E-state index in [-0.39, 0.29) is 35.2 Å². The molecule has 0 aromatic carbocycles. The van der Waals surface area contributed by atoms with Crippen molar-refractivity contribution in [2.24, 2.45) is 11.8 Å². The molecule has 1 aromatic rings. The van der Waals surface area contributed by atoms with Gasteiger partial charge in [0.15, 0.2) is 0 Å². The van der Waals surface area contributed by atoms with Gasteiger partial charge in [-0.05, 0) is 31.7 Å². The maximum Gasteiger partial charge on any atom is 0.252 e. The van der Waals surface area contributed by atoms with Crippen LogP contribution < -0.4 is 21.9 Å². The molecule has 4 atom stereocenters. The fraction of sp³-hybridized carbons (Fsp3) is 0.667. The summed E-state index contributed by atoms with van der Waals surface area (Å²) < 4.78 is 0. The highest BCUT2D eigenvalue weighted by Crippen LogP contribution is 2.39. The van der Waals surface area contributed by atoms with Crippen LogP contribution in [0.5, 0.6) is 0 Å². The van der Waals surface area contributed by atoms with Crippen LogP contribution in [0.3, 0.4) is 0 Å². The summed E-state index contributed by atoms with van der Waals surface area (Å²) in [5.74, 6) is 1.17. The molecule has 4 heterocycles. The van der Waals surface area contributed by atoms with Gasteiger partial charge < -0.3 is 26.3 Å². The minimum absolute atomic E-state index is 0.102. The molecule has 146 valence electrons. The maximum absolute atomic E-state index is 13.0. The van der Waals surface area contributed by atoms with Crippen LogP contribution in [0.4, 0.5) is 5.82 Å². The summed E-state index contributed by atoms with van der Waals surface area (Å²) >= 11 is 0. The molecule has 4 rings (SSSR count). The third-order valence-electron chi connectivity index (χ3n) is 5.98. The van der Waals surface area contributed by atoms with Gasteiger partial charge in [0.05, 0.1) is 0 Å². The minimum Gasteiger partial charge on any atom is -0.383 e. The van der Waals surface area contributed by atoms with Gasteiger partial charge in [-0.1, -0.05) is 0 Å². The average molecular weight is 374 g/mol. The number of fused-ring (bicyclic) bond motifs is 4. The van der Waals surface area contributed by atoms with Crippen molar-refractivity contribution in [3.05, 3.63) is 22.2 Å². The molecule has 2 amide bonds. The zero-order valence-electron chi connectivity index (χ0n) is 15.2. The molecular formula is C18H26N6O3. The zero-order chi connectivity index (χ0) is 19.0. The number of H-pyrrole nitrogens is 1. The quantitative estimate of drug-likeness (QED) is 0.534. The van der Waals surface area contributed by atoms with E-state index in [0.29, 0.717) is 31.1 Å². The number of hydrogen-bond acceptors (Lipinski definition) is 6. The monoisotopic (exact) mass is 374 g/mol. The van der Waals surface area contributed by atoms with Crippen molar-refractivity contribution in [1.82, 2.24) is 25.5 Å². The highest BCUT2D eigenvalue weighted by molar-refractivity contribution is 5.89. The maximum atomic E-state index is 13.0. The van der Waals surface area contributed by atoms with Crippen molar-refractivity contribution in [3.63, 3.8) is 0 Å². The Morgan fingerprint density at radius 3 is 2.96 bits per heavy atom. The van der Waals surface area contributed by atoms with Gasteiger partial charge in [-0.3, -0.25) is 14.4 Å². The van der Waals surface area contributed by atoms with Crippen LogP contribution in [0.1, 0.15) is 31.5 Å². The molecule has 2 bridgehead atoms. The molecule has 27 heavy (non-hydrogen) atoms. The number of hydrogen-bond donors (Lipinski definition) is 4. The number of anilines is 1. The smallest absolute Gasteiger partial charge is 0.252 e. The van der Waals surface area contributed by atoms with Crippen molar-refractivity contribution in [1.29, 1.82) is 0 Å². The first-order chi connectivity index (χ1) is 13.0. The number of nitrogens with one attached hydrogen (secondary N) is 3. The second-order valence-electron chi connectivity index (χ2n) is 7.78. The third-order valence-corrected chi connectivity index (χ3v) is 5.98. The molecule has 1 aromatic heterocycles. The topological polar surface area (TPSA) is 133 Å². The summed E-state index contributed by atoms with van der Waals surface area (Å²) in [7, 11) is 0. The Bertz CT molecular complexity index is 794. The molecule has 0 radical (unpaired) electrons. The van der Waals surface area contributed by atoms with Gasteiger partial charge in [0.1, 0.15) is 17.7 Å². The summed E-state index contributed by atoms with van der Waals surface area (Å²) in [4.78, 5) is 45.6. The number of rotatable bonds is 4. The van der Waals surface area contributed by atoms with Crippen molar-refractivity contribution in [2.45, 2.75) is 44.2 Å². The van der Waals surface area contributed by atoms with E-state index in [1.807, 2.05) is 4.90 Å². The summed E-state index contributed by atoms with van der Waals surface area (Å²) in [6.07, 6.45) is 3.78. The van der Waals surface area contributed by atoms with E-state index in [0.717, 1.165) is 32.4 Å². The molecule has 3 aliphatic rings.